The molecule has 4 heteroatoms. The van der Waals surface area contributed by atoms with Crippen LogP contribution in [-0.2, 0) is 0 Å². The van der Waals surface area contributed by atoms with Crippen LogP contribution in [-0.4, -0.2) is 20.2 Å². The van der Waals surface area contributed by atoms with Gasteiger partial charge in [0.2, 0.25) is 5.75 Å². The van der Waals surface area contributed by atoms with Gasteiger partial charge >= 0.3 is 5.97 Å². The van der Waals surface area contributed by atoms with E-state index in [0.29, 0.717) is 17.1 Å². The molecule has 0 aromatic heterocycles. The van der Waals surface area contributed by atoms with E-state index in [4.69, 9.17) is 14.2 Å². The van der Waals surface area contributed by atoms with Gasteiger partial charge in [0.15, 0.2) is 11.5 Å². The van der Waals surface area contributed by atoms with Crippen LogP contribution in [0.15, 0.2) is 71.8 Å². The monoisotopic (exact) mass is 406 g/mol. The van der Waals surface area contributed by atoms with Crippen LogP contribution in [0.1, 0.15) is 49.5 Å². The molecular formula is C26H30O4. The van der Waals surface area contributed by atoms with Crippen LogP contribution in [0.25, 0.3) is 6.08 Å². The van der Waals surface area contributed by atoms with E-state index >= 15 is 0 Å². The van der Waals surface area contributed by atoms with Gasteiger partial charge in [-0.15, -0.1) is 0 Å². The fourth-order valence-corrected chi connectivity index (χ4v) is 3.16. The van der Waals surface area contributed by atoms with Crippen molar-refractivity contribution < 1.29 is 19.0 Å². The number of carbonyl (C=O) groups excluding carboxylic acids is 1. The minimum atomic E-state index is -0.475. The standard InChI is InChI=1S/C26H30O4/c1-7-12-20(8-2)22(18(3)4)15-19-16-23(28-5)25(24(17-19)29-6)30-26(27)21-13-10-9-11-14-21/h9-17H,3,7-8H2,1-2,4-6H3/b20-12+,22-15-. The van der Waals surface area contributed by atoms with Crippen molar-refractivity contribution in [1.29, 1.82) is 0 Å². The van der Waals surface area contributed by atoms with E-state index in [2.05, 4.69) is 32.6 Å². The molecule has 0 N–H and O–H groups in total. The highest BCUT2D eigenvalue weighted by molar-refractivity contribution is 5.91. The van der Waals surface area contributed by atoms with Crippen LogP contribution >= 0.6 is 0 Å². The smallest absolute Gasteiger partial charge is 0.343 e. The number of esters is 1. The molecule has 0 atom stereocenters. The SMILES string of the molecule is C=C(C)C(=C/c1cc(OC)c(OC(=O)c2ccccc2)c(OC)c1)/C(=C/CC)CC. The lowest BCUT2D eigenvalue weighted by molar-refractivity contribution is 0.0724. The Balaban J connectivity index is 2.51. The molecule has 0 heterocycles. The third kappa shape index (κ3) is 5.63. The van der Waals surface area contributed by atoms with Gasteiger partial charge in [0.05, 0.1) is 19.8 Å². The summed E-state index contributed by atoms with van der Waals surface area (Å²) in [5.41, 5.74) is 4.62. The minimum absolute atomic E-state index is 0.252. The third-order valence-corrected chi connectivity index (χ3v) is 4.64. The molecule has 158 valence electrons. The van der Waals surface area contributed by atoms with E-state index in [1.807, 2.05) is 25.1 Å². The average molecular weight is 407 g/mol. The van der Waals surface area contributed by atoms with E-state index in [0.717, 1.165) is 29.6 Å². The zero-order valence-electron chi connectivity index (χ0n) is 18.5. The van der Waals surface area contributed by atoms with E-state index in [1.165, 1.54) is 19.8 Å². The summed E-state index contributed by atoms with van der Waals surface area (Å²) in [5.74, 6) is 0.617. The van der Waals surface area contributed by atoms with Crippen LogP contribution < -0.4 is 14.2 Å². The molecule has 2 rings (SSSR count). The van der Waals surface area contributed by atoms with Gasteiger partial charge in [-0.3, -0.25) is 0 Å². The summed E-state index contributed by atoms with van der Waals surface area (Å²) in [6.45, 7) is 10.4. The van der Waals surface area contributed by atoms with E-state index in [1.54, 1.807) is 24.3 Å². The molecule has 0 saturated heterocycles. The molecule has 30 heavy (non-hydrogen) atoms. The largest absolute Gasteiger partial charge is 0.493 e. The Morgan fingerprint density at radius 2 is 1.63 bits per heavy atom. The van der Waals surface area contributed by atoms with Crippen molar-refractivity contribution >= 4 is 12.0 Å². The van der Waals surface area contributed by atoms with Gasteiger partial charge in [-0.2, -0.15) is 0 Å². The lowest BCUT2D eigenvalue weighted by Gasteiger charge is -2.16. The van der Waals surface area contributed by atoms with Crippen molar-refractivity contribution in [3.05, 3.63) is 83.0 Å². The van der Waals surface area contributed by atoms with Gasteiger partial charge in [-0.05, 0) is 66.8 Å². The molecule has 0 aliphatic rings. The third-order valence-electron chi connectivity index (χ3n) is 4.64. The molecule has 0 aliphatic carbocycles. The van der Waals surface area contributed by atoms with Crippen LogP contribution in [0.3, 0.4) is 0 Å². The van der Waals surface area contributed by atoms with E-state index in [-0.39, 0.29) is 5.75 Å². The Morgan fingerprint density at radius 1 is 1.03 bits per heavy atom. The van der Waals surface area contributed by atoms with Gasteiger partial charge in [0, 0.05) is 0 Å². The summed E-state index contributed by atoms with van der Waals surface area (Å²) in [6.07, 6.45) is 6.13. The zero-order chi connectivity index (χ0) is 22.1. The van der Waals surface area contributed by atoms with Crippen molar-refractivity contribution in [2.75, 3.05) is 14.2 Å². The lowest BCUT2D eigenvalue weighted by atomic mass is 9.94. The summed E-state index contributed by atoms with van der Waals surface area (Å²) in [4.78, 5) is 12.5. The molecule has 0 bridgehead atoms. The Labute approximate surface area is 179 Å². The summed E-state index contributed by atoms with van der Waals surface area (Å²) in [5, 5.41) is 0. The second-order valence-electron chi connectivity index (χ2n) is 6.84. The normalized spacial score (nSPS) is 11.8. The summed E-state index contributed by atoms with van der Waals surface area (Å²) >= 11 is 0. The van der Waals surface area contributed by atoms with Crippen molar-refractivity contribution in [2.24, 2.45) is 0 Å². The Bertz CT molecular complexity index is 927. The second kappa shape index (κ2) is 11.1. The topological polar surface area (TPSA) is 44.8 Å². The fraction of sp³-hybridized carbons (Fsp3) is 0.269. The Morgan fingerprint density at radius 3 is 2.10 bits per heavy atom. The second-order valence-corrected chi connectivity index (χ2v) is 6.84. The number of hydrogen-bond donors (Lipinski definition) is 0. The number of methoxy groups -OCH3 is 2. The fourth-order valence-electron chi connectivity index (χ4n) is 3.16. The number of benzene rings is 2. The first-order valence-electron chi connectivity index (χ1n) is 10.0. The van der Waals surface area contributed by atoms with Crippen molar-refractivity contribution in [2.45, 2.75) is 33.6 Å². The predicted molar refractivity (Wildman–Crippen MR) is 122 cm³/mol. The van der Waals surface area contributed by atoms with Gasteiger partial charge in [0.1, 0.15) is 0 Å². The molecule has 0 fully saturated rings. The molecule has 4 nitrogen and oxygen atoms in total. The number of ether oxygens (including phenoxy) is 3. The number of hydrogen-bond acceptors (Lipinski definition) is 4. The first-order chi connectivity index (χ1) is 14.4. The molecule has 0 spiro atoms. The molecule has 0 radical (unpaired) electrons. The Kier molecular flexibility index (Phi) is 8.48. The number of carbonyl (C=O) groups is 1. The van der Waals surface area contributed by atoms with Crippen LogP contribution in [0.4, 0.5) is 0 Å². The number of allylic oxidation sites excluding steroid dienone is 4. The molecule has 0 unspecified atom stereocenters. The van der Waals surface area contributed by atoms with Crippen LogP contribution in [0.2, 0.25) is 0 Å². The lowest BCUT2D eigenvalue weighted by Crippen LogP contribution is -2.10. The summed E-state index contributed by atoms with van der Waals surface area (Å²) < 4.78 is 16.7. The maximum atomic E-state index is 12.5. The highest BCUT2D eigenvalue weighted by Crippen LogP contribution is 2.40. The minimum Gasteiger partial charge on any atom is -0.493 e. The summed E-state index contributed by atoms with van der Waals surface area (Å²) in [6, 6.07) is 12.5. The van der Waals surface area contributed by atoms with Crippen molar-refractivity contribution in [1.82, 2.24) is 0 Å². The highest BCUT2D eigenvalue weighted by Gasteiger charge is 2.19. The van der Waals surface area contributed by atoms with E-state index in [9.17, 15) is 4.79 Å². The first-order valence-corrected chi connectivity index (χ1v) is 10.0. The first kappa shape index (κ1) is 23.0. The van der Waals surface area contributed by atoms with E-state index < -0.39 is 5.97 Å². The molecule has 0 amide bonds. The zero-order valence-corrected chi connectivity index (χ0v) is 18.5. The van der Waals surface area contributed by atoms with Crippen molar-refractivity contribution in [3.8, 4) is 17.2 Å². The van der Waals surface area contributed by atoms with Gasteiger partial charge in [0.25, 0.3) is 0 Å². The highest BCUT2D eigenvalue weighted by atomic mass is 16.6. The number of rotatable bonds is 9. The maximum absolute atomic E-state index is 12.5. The molecule has 2 aromatic carbocycles. The molecular weight excluding hydrogens is 376 g/mol. The average Bonchev–Trinajstić information content (AvgIpc) is 2.76. The predicted octanol–water partition coefficient (Wildman–Crippen LogP) is 6.63. The van der Waals surface area contributed by atoms with Gasteiger partial charge < -0.3 is 14.2 Å². The molecule has 0 aliphatic heterocycles. The molecule has 2 aromatic rings. The van der Waals surface area contributed by atoms with Crippen LogP contribution in [0, 0.1) is 0 Å². The quantitative estimate of drug-likeness (QED) is 0.266. The molecule has 0 saturated carbocycles. The van der Waals surface area contributed by atoms with Crippen molar-refractivity contribution in [3.63, 3.8) is 0 Å². The van der Waals surface area contributed by atoms with Gasteiger partial charge in [-0.25, -0.2) is 4.79 Å². The Hall–Kier alpha value is -3.27. The van der Waals surface area contributed by atoms with Gasteiger partial charge in [-0.1, -0.05) is 50.3 Å². The maximum Gasteiger partial charge on any atom is 0.343 e. The van der Waals surface area contributed by atoms with Crippen LogP contribution in [0.5, 0.6) is 17.2 Å². The summed E-state index contributed by atoms with van der Waals surface area (Å²) in [7, 11) is 3.08.